The Morgan fingerprint density at radius 3 is 3.00 bits per heavy atom. The maximum atomic E-state index is 12.7. The molecule has 1 aliphatic rings. The fraction of sp³-hybridized carbons (Fsp3) is 0.438. The SMILES string of the molecule is CN(C)Cc1cncc(C2CCCN2C(=O)c2cccnn2)n1. The van der Waals surface area contributed by atoms with Crippen LogP contribution in [-0.4, -0.2) is 56.5 Å². The highest BCUT2D eigenvalue weighted by molar-refractivity contribution is 5.92. The molecule has 1 saturated heterocycles. The molecule has 0 saturated carbocycles. The molecule has 0 spiro atoms. The first kappa shape index (κ1) is 15.5. The zero-order valence-corrected chi connectivity index (χ0v) is 13.4. The van der Waals surface area contributed by atoms with E-state index in [-0.39, 0.29) is 11.9 Å². The molecule has 0 aliphatic carbocycles. The van der Waals surface area contributed by atoms with E-state index in [1.807, 2.05) is 23.9 Å². The zero-order valence-electron chi connectivity index (χ0n) is 13.4. The summed E-state index contributed by atoms with van der Waals surface area (Å²) < 4.78 is 0. The Hall–Kier alpha value is -2.41. The topological polar surface area (TPSA) is 75.1 Å². The van der Waals surface area contributed by atoms with E-state index in [9.17, 15) is 4.79 Å². The van der Waals surface area contributed by atoms with Gasteiger partial charge in [0.2, 0.25) is 0 Å². The number of rotatable bonds is 4. The van der Waals surface area contributed by atoms with Crippen LogP contribution in [0.25, 0.3) is 0 Å². The van der Waals surface area contributed by atoms with Gasteiger partial charge >= 0.3 is 0 Å². The molecule has 1 atom stereocenters. The number of hydrogen-bond acceptors (Lipinski definition) is 6. The standard InChI is InChI=1S/C16H20N6O/c1-21(2)11-12-9-17-10-14(19-12)15-6-4-8-22(15)16(23)13-5-3-7-18-20-13/h3,5,7,9-10,15H,4,6,8,11H2,1-2H3. The van der Waals surface area contributed by atoms with Crippen LogP contribution in [0.1, 0.15) is 40.8 Å². The van der Waals surface area contributed by atoms with Crippen LogP contribution in [0, 0.1) is 0 Å². The van der Waals surface area contributed by atoms with Crippen molar-refractivity contribution < 1.29 is 4.79 Å². The van der Waals surface area contributed by atoms with Gasteiger partial charge in [-0.15, -0.1) is 5.10 Å². The van der Waals surface area contributed by atoms with Crippen molar-refractivity contribution in [3.05, 3.63) is 47.8 Å². The van der Waals surface area contributed by atoms with Gasteiger partial charge in [-0.3, -0.25) is 14.8 Å². The van der Waals surface area contributed by atoms with Crippen LogP contribution in [-0.2, 0) is 6.54 Å². The summed E-state index contributed by atoms with van der Waals surface area (Å²) in [6, 6.07) is 3.38. The predicted molar refractivity (Wildman–Crippen MR) is 84.5 cm³/mol. The minimum absolute atomic E-state index is 0.0425. The lowest BCUT2D eigenvalue weighted by atomic mass is 10.1. The van der Waals surface area contributed by atoms with Crippen molar-refractivity contribution in [3.8, 4) is 0 Å². The van der Waals surface area contributed by atoms with E-state index in [1.54, 1.807) is 30.7 Å². The first-order valence-corrected chi connectivity index (χ1v) is 7.69. The molecule has 120 valence electrons. The average molecular weight is 312 g/mol. The second-order valence-electron chi connectivity index (χ2n) is 5.94. The van der Waals surface area contributed by atoms with Crippen LogP contribution < -0.4 is 0 Å². The summed E-state index contributed by atoms with van der Waals surface area (Å²) in [5.74, 6) is -0.0968. The summed E-state index contributed by atoms with van der Waals surface area (Å²) in [4.78, 5) is 25.5. The summed E-state index contributed by atoms with van der Waals surface area (Å²) >= 11 is 0. The minimum Gasteiger partial charge on any atom is -0.329 e. The number of likely N-dealkylation sites (tertiary alicyclic amines) is 1. The van der Waals surface area contributed by atoms with E-state index in [0.717, 1.165) is 30.8 Å². The second kappa shape index (κ2) is 6.78. The summed E-state index contributed by atoms with van der Waals surface area (Å²) in [6.45, 7) is 1.44. The minimum atomic E-state index is -0.0968. The first-order valence-electron chi connectivity index (χ1n) is 7.69. The third-order valence-electron chi connectivity index (χ3n) is 3.83. The monoisotopic (exact) mass is 312 g/mol. The molecule has 7 heteroatoms. The molecule has 0 N–H and O–H groups in total. The maximum absolute atomic E-state index is 12.7. The molecular formula is C16H20N6O. The zero-order chi connectivity index (χ0) is 16.2. The molecular weight excluding hydrogens is 292 g/mol. The largest absolute Gasteiger partial charge is 0.329 e. The van der Waals surface area contributed by atoms with E-state index in [0.29, 0.717) is 12.2 Å². The molecule has 1 aliphatic heterocycles. The molecule has 0 bridgehead atoms. The first-order chi connectivity index (χ1) is 11.1. The lowest BCUT2D eigenvalue weighted by Gasteiger charge is -2.24. The molecule has 3 heterocycles. The van der Waals surface area contributed by atoms with Gasteiger partial charge in [-0.25, -0.2) is 0 Å². The summed E-state index contributed by atoms with van der Waals surface area (Å²) in [5.41, 5.74) is 2.13. The number of carbonyl (C=O) groups is 1. The van der Waals surface area contributed by atoms with Gasteiger partial charge in [-0.05, 0) is 39.1 Å². The van der Waals surface area contributed by atoms with E-state index in [4.69, 9.17) is 0 Å². The Morgan fingerprint density at radius 2 is 2.26 bits per heavy atom. The van der Waals surface area contributed by atoms with Crippen molar-refractivity contribution in [2.45, 2.75) is 25.4 Å². The molecule has 0 radical (unpaired) electrons. The van der Waals surface area contributed by atoms with Gasteiger partial charge in [0, 0.05) is 25.5 Å². The maximum Gasteiger partial charge on any atom is 0.274 e. The molecule has 1 amide bonds. The lowest BCUT2D eigenvalue weighted by molar-refractivity contribution is 0.0725. The molecule has 2 aromatic heterocycles. The lowest BCUT2D eigenvalue weighted by Crippen LogP contribution is -2.32. The van der Waals surface area contributed by atoms with Crippen molar-refractivity contribution in [3.63, 3.8) is 0 Å². The molecule has 0 aromatic carbocycles. The smallest absolute Gasteiger partial charge is 0.274 e. The second-order valence-corrected chi connectivity index (χ2v) is 5.94. The van der Waals surface area contributed by atoms with Crippen molar-refractivity contribution in [2.75, 3.05) is 20.6 Å². The third kappa shape index (κ3) is 3.50. The molecule has 7 nitrogen and oxygen atoms in total. The third-order valence-corrected chi connectivity index (χ3v) is 3.83. The van der Waals surface area contributed by atoms with Crippen LogP contribution in [0.3, 0.4) is 0 Å². The highest BCUT2D eigenvalue weighted by atomic mass is 16.2. The predicted octanol–water partition coefficient (Wildman–Crippen LogP) is 1.31. The summed E-state index contributed by atoms with van der Waals surface area (Å²) in [6.07, 6.45) is 6.94. The van der Waals surface area contributed by atoms with E-state index < -0.39 is 0 Å². The van der Waals surface area contributed by atoms with Crippen LogP contribution in [0.2, 0.25) is 0 Å². The number of aromatic nitrogens is 4. The van der Waals surface area contributed by atoms with E-state index in [2.05, 4.69) is 20.2 Å². The Bertz CT molecular complexity index is 675. The fourth-order valence-corrected chi connectivity index (χ4v) is 2.86. The van der Waals surface area contributed by atoms with Gasteiger partial charge in [0.05, 0.1) is 23.6 Å². The van der Waals surface area contributed by atoms with Gasteiger partial charge in [-0.2, -0.15) is 5.10 Å². The van der Waals surface area contributed by atoms with Gasteiger partial charge in [0.15, 0.2) is 5.69 Å². The van der Waals surface area contributed by atoms with Crippen LogP contribution in [0.15, 0.2) is 30.7 Å². The van der Waals surface area contributed by atoms with E-state index >= 15 is 0 Å². The van der Waals surface area contributed by atoms with Crippen molar-refractivity contribution in [2.24, 2.45) is 0 Å². The quantitative estimate of drug-likeness (QED) is 0.847. The highest BCUT2D eigenvalue weighted by Gasteiger charge is 2.32. The van der Waals surface area contributed by atoms with E-state index in [1.165, 1.54) is 0 Å². The van der Waals surface area contributed by atoms with Crippen LogP contribution in [0.4, 0.5) is 0 Å². The molecule has 1 fully saturated rings. The molecule has 23 heavy (non-hydrogen) atoms. The molecule has 1 unspecified atom stereocenters. The van der Waals surface area contributed by atoms with Crippen LogP contribution >= 0.6 is 0 Å². The number of hydrogen-bond donors (Lipinski definition) is 0. The van der Waals surface area contributed by atoms with Crippen molar-refractivity contribution >= 4 is 5.91 Å². The number of carbonyl (C=O) groups excluding carboxylic acids is 1. The Kier molecular flexibility index (Phi) is 4.57. The van der Waals surface area contributed by atoms with Crippen LogP contribution in [0.5, 0.6) is 0 Å². The number of nitrogens with zero attached hydrogens (tertiary/aromatic N) is 6. The Labute approximate surface area is 135 Å². The molecule has 3 rings (SSSR count). The normalized spacial score (nSPS) is 17.7. The molecule has 2 aromatic rings. The fourth-order valence-electron chi connectivity index (χ4n) is 2.86. The van der Waals surface area contributed by atoms with Gasteiger partial charge in [0.1, 0.15) is 0 Å². The van der Waals surface area contributed by atoms with Crippen molar-refractivity contribution in [1.82, 2.24) is 30.0 Å². The Balaban J connectivity index is 1.83. The summed E-state index contributed by atoms with van der Waals surface area (Å²) in [5, 5.41) is 7.72. The van der Waals surface area contributed by atoms with Gasteiger partial charge in [-0.1, -0.05) is 0 Å². The Morgan fingerprint density at radius 1 is 1.39 bits per heavy atom. The van der Waals surface area contributed by atoms with Gasteiger partial charge in [0.25, 0.3) is 5.91 Å². The van der Waals surface area contributed by atoms with Gasteiger partial charge < -0.3 is 9.80 Å². The number of amides is 1. The average Bonchev–Trinajstić information content (AvgIpc) is 3.04. The highest BCUT2D eigenvalue weighted by Crippen LogP contribution is 2.31. The summed E-state index contributed by atoms with van der Waals surface area (Å²) in [7, 11) is 3.99. The van der Waals surface area contributed by atoms with Crippen molar-refractivity contribution in [1.29, 1.82) is 0 Å².